The molecule has 28 heavy (non-hydrogen) atoms. The van der Waals surface area contributed by atoms with Crippen LogP contribution in [0.2, 0.25) is 0 Å². The predicted octanol–water partition coefficient (Wildman–Crippen LogP) is 4.59. The van der Waals surface area contributed by atoms with Crippen LogP contribution in [0.25, 0.3) is 22.4 Å². The van der Waals surface area contributed by atoms with Gasteiger partial charge in [0, 0.05) is 10.9 Å². The Kier molecular flexibility index (Phi) is 5.12. The summed E-state index contributed by atoms with van der Waals surface area (Å²) in [7, 11) is 0. The molecule has 4 aromatic rings. The minimum absolute atomic E-state index is 0.121. The van der Waals surface area contributed by atoms with E-state index in [2.05, 4.69) is 15.5 Å². The number of carbonyl (C=O) groups excluding carboxylic acids is 1. The van der Waals surface area contributed by atoms with Crippen molar-refractivity contribution in [3.8, 4) is 11.5 Å². The highest BCUT2D eigenvalue weighted by molar-refractivity contribution is 7.99. The average molecular weight is 397 g/mol. The van der Waals surface area contributed by atoms with Crippen molar-refractivity contribution < 1.29 is 18.0 Å². The Morgan fingerprint density at radius 2 is 1.93 bits per heavy atom. The molecule has 0 saturated carbocycles. The first-order chi connectivity index (χ1) is 13.6. The Hall–Kier alpha value is -3.13. The quantitative estimate of drug-likeness (QED) is 0.479. The zero-order valence-electron chi connectivity index (χ0n) is 14.9. The van der Waals surface area contributed by atoms with Crippen LogP contribution in [0.5, 0.6) is 0 Å². The molecule has 0 spiro atoms. The molecule has 2 aromatic carbocycles. The van der Waals surface area contributed by atoms with Crippen molar-refractivity contribution >= 4 is 28.6 Å². The van der Waals surface area contributed by atoms with E-state index in [4.69, 9.17) is 8.83 Å². The first-order valence-corrected chi connectivity index (χ1v) is 9.57. The lowest BCUT2D eigenvalue weighted by atomic mass is 10.2. The highest BCUT2D eigenvalue weighted by Gasteiger charge is 2.16. The van der Waals surface area contributed by atoms with E-state index in [1.807, 2.05) is 37.3 Å². The van der Waals surface area contributed by atoms with E-state index >= 15 is 0 Å². The van der Waals surface area contributed by atoms with Crippen molar-refractivity contribution in [3.63, 3.8) is 0 Å². The second-order valence-electron chi connectivity index (χ2n) is 6.14. The molecule has 0 saturated heterocycles. The van der Waals surface area contributed by atoms with E-state index < -0.39 is 0 Å². The second kappa shape index (κ2) is 7.85. The molecule has 1 amide bonds. The third kappa shape index (κ3) is 4.07. The van der Waals surface area contributed by atoms with Gasteiger partial charge in [-0.05, 0) is 43.3 Å². The molecule has 0 aliphatic heterocycles. The minimum atomic E-state index is -0.340. The number of carbonyl (C=O) groups is 1. The van der Waals surface area contributed by atoms with Crippen LogP contribution >= 0.6 is 11.8 Å². The summed E-state index contributed by atoms with van der Waals surface area (Å²) in [5.74, 6) is 0.567. The SMILES string of the molecule is C[C@@H](NC(=O)CSc1nnc(-c2ccc(F)cc2)o1)c1cc2ccccc2o1. The summed E-state index contributed by atoms with van der Waals surface area (Å²) in [5.41, 5.74) is 1.40. The Morgan fingerprint density at radius 3 is 2.71 bits per heavy atom. The first kappa shape index (κ1) is 18.2. The number of rotatable bonds is 6. The Bertz CT molecular complexity index is 1070. The standard InChI is InChI=1S/C20H16FN3O3S/c1-12(17-10-14-4-2-3-5-16(14)26-17)22-18(25)11-28-20-24-23-19(27-20)13-6-8-15(21)9-7-13/h2-10,12H,11H2,1H3,(H,22,25)/t12-/m1/s1. The van der Waals surface area contributed by atoms with E-state index in [1.54, 1.807) is 12.1 Å². The highest BCUT2D eigenvalue weighted by Crippen LogP contribution is 2.25. The van der Waals surface area contributed by atoms with Crippen LogP contribution in [0.15, 0.2) is 68.7 Å². The van der Waals surface area contributed by atoms with Gasteiger partial charge in [0.15, 0.2) is 0 Å². The summed E-state index contributed by atoms with van der Waals surface area (Å²) in [6.45, 7) is 1.86. The number of furan rings is 1. The fourth-order valence-electron chi connectivity index (χ4n) is 2.67. The Morgan fingerprint density at radius 1 is 1.14 bits per heavy atom. The van der Waals surface area contributed by atoms with Gasteiger partial charge in [-0.3, -0.25) is 4.79 Å². The summed E-state index contributed by atoms with van der Waals surface area (Å²) in [5, 5.41) is 12.0. The molecule has 4 rings (SSSR count). The molecule has 2 aromatic heterocycles. The monoisotopic (exact) mass is 397 g/mol. The van der Waals surface area contributed by atoms with Gasteiger partial charge in [-0.2, -0.15) is 0 Å². The van der Waals surface area contributed by atoms with Gasteiger partial charge in [-0.25, -0.2) is 4.39 Å². The van der Waals surface area contributed by atoms with Gasteiger partial charge in [0.2, 0.25) is 11.8 Å². The molecule has 8 heteroatoms. The van der Waals surface area contributed by atoms with Crippen molar-refractivity contribution in [1.82, 2.24) is 15.5 Å². The lowest BCUT2D eigenvalue weighted by Crippen LogP contribution is -2.27. The fourth-order valence-corrected chi connectivity index (χ4v) is 3.25. The van der Waals surface area contributed by atoms with Gasteiger partial charge in [0.05, 0.1) is 11.8 Å². The minimum Gasteiger partial charge on any atom is -0.459 e. The number of nitrogens with zero attached hydrogens (tertiary/aromatic N) is 2. The van der Waals surface area contributed by atoms with Crippen LogP contribution in [-0.4, -0.2) is 21.9 Å². The maximum atomic E-state index is 13.0. The zero-order valence-corrected chi connectivity index (χ0v) is 15.7. The number of benzene rings is 2. The highest BCUT2D eigenvalue weighted by atomic mass is 32.2. The van der Waals surface area contributed by atoms with E-state index in [0.717, 1.165) is 22.7 Å². The molecule has 6 nitrogen and oxygen atoms in total. The largest absolute Gasteiger partial charge is 0.459 e. The average Bonchev–Trinajstić information content (AvgIpc) is 3.34. The number of fused-ring (bicyclic) bond motifs is 1. The maximum absolute atomic E-state index is 13.0. The van der Waals surface area contributed by atoms with E-state index in [9.17, 15) is 9.18 Å². The normalized spacial score (nSPS) is 12.2. The summed E-state index contributed by atoms with van der Waals surface area (Å²) in [4.78, 5) is 12.2. The summed E-state index contributed by atoms with van der Waals surface area (Å²) in [6.07, 6.45) is 0. The van der Waals surface area contributed by atoms with Crippen LogP contribution in [0, 0.1) is 5.82 Å². The lowest BCUT2D eigenvalue weighted by molar-refractivity contribution is -0.119. The van der Waals surface area contributed by atoms with Crippen LogP contribution < -0.4 is 5.32 Å². The molecular formula is C20H16FN3O3S. The topological polar surface area (TPSA) is 81.2 Å². The van der Waals surface area contributed by atoms with Crippen molar-refractivity contribution in [2.45, 2.75) is 18.2 Å². The van der Waals surface area contributed by atoms with E-state index in [1.165, 1.54) is 12.1 Å². The molecule has 0 bridgehead atoms. The fraction of sp³-hybridized carbons (Fsp3) is 0.150. The number of hydrogen-bond donors (Lipinski definition) is 1. The van der Waals surface area contributed by atoms with Crippen molar-refractivity contribution in [2.24, 2.45) is 0 Å². The third-order valence-corrected chi connectivity index (χ3v) is 4.89. The predicted molar refractivity (Wildman–Crippen MR) is 103 cm³/mol. The summed E-state index contributed by atoms with van der Waals surface area (Å²) < 4.78 is 24.3. The molecule has 0 radical (unpaired) electrons. The van der Waals surface area contributed by atoms with Crippen LogP contribution in [-0.2, 0) is 4.79 Å². The van der Waals surface area contributed by atoms with Crippen LogP contribution in [0.3, 0.4) is 0 Å². The van der Waals surface area contributed by atoms with Crippen LogP contribution in [0.4, 0.5) is 4.39 Å². The molecule has 0 aliphatic carbocycles. The van der Waals surface area contributed by atoms with Crippen LogP contribution in [0.1, 0.15) is 18.7 Å². The maximum Gasteiger partial charge on any atom is 0.277 e. The van der Waals surface area contributed by atoms with E-state index in [0.29, 0.717) is 11.3 Å². The van der Waals surface area contributed by atoms with Crippen molar-refractivity contribution in [1.29, 1.82) is 0 Å². The summed E-state index contributed by atoms with van der Waals surface area (Å²) in [6, 6.07) is 15.1. The number of hydrogen-bond acceptors (Lipinski definition) is 6. The molecule has 0 fully saturated rings. The van der Waals surface area contributed by atoms with E-state index in [-0.39, 0.29) is 34.6 Å². The smallest absolute Gasteiger partial charge is 0.277 e. The Balaban J connectivity index is 1.33. The number of para-hydroxylation sites is 1. The third-order valence-electron chi connectivity index (χ3n) is 4.07. The van der Waals surface area contributed by atoms with Gasteiger partial charge >= 0.3 is 0 Å². The molecule has 1 atom stereocenters. The molecule has 0 aliphatic rings. The van der Waals surface area contributed by atoms with Gasteiger partial charge in [0.1, 0.15) is 17.2 Å². The Labute approximate surface area is 164 Å². The van der Waals surface area contributed by atoms with Gasteiger partial charge in [-0.1, -0.05) is 30.0 Å². The number of thioether (sulfide) groups is 1. The number of amides is 1. The number of halogens is 1. The molecule has 2 heterocycles. The molecular weight excluding hydrogens is 381 g/mol. The molecule has 1 N–H and O–H groups in total. The van der Waals surface area contributed by atoms with Gasteiger partial charge in [0.25, 0.3) is 5.22 Å². The number of nitrogens with one attached hydrogen (secondary N) is 1. The second-order valence-corrected chi connectivity index (χ2v) is 7.07. The molecule has 142 valence electrons. The first-order valence-electron chi connectivity index (χ1n) is 8.58. The van der Waals surface area contributed by atoms with Gasteiger partial charge < -0.3 is 14.2 Å². The lowest BCUT2D eigenvalue weighted by Gasteiger charge is -2.10. The molecule has 0 unspecified atom stereocenters. The van der Waals surface area contributed by atoms with Crippen molar-refractivity contribution in [2.75, 3.05) is 5.75 Å². The number of aromatic nitrogens is 2. The summed E-state index contributed by atoms with van der Waals surface area (Å²) >= 11 is 1.13. The van der Waals surface area contributed by atoms with Gasteiger partial charge in [-0.15, -0.1) is 10.2 Å². The van der Waals surface area contributed by atoms with Crippen molar-refractivity contribution in [3.05, 3.63) is 66.2 Å². The zero-order chi connectivity index (χ0) is 19.5.